The van der Waals surface area contributed by atoms with Gasteiger partial charge in [0.2, 0.25) is 0 Å². The number of nitrogens with zero attached hydrogens (tertiary/aromatic N) is 1. The molecule has 2 heterocycles. The first-order chi connectivity index (χ1) is 9.10. The zero-order chi connectivity index (χ0) is 13.6. The number of amidine groups is 1. The van der Waals surface area contributed by atoms with E-state index in [2.05, 4.69) is 15.6 Å². The number of aliphatic hydroxyl groups is 2. The van der Waals surface area contributed by atoms with Gasteiger partial charge in [0.1, 0.15) is 17.6 Å². The molecule has 8 heteroatoms. The molecule has 3 fully saturated rings. The van der Waals surface area contributed by atoms with Crippen LogP contribution in [0.5, 0.6) is 0 Å². The van der Waals surface area contributed by atoms with Gasteiger partial charge in [0.25, 0.3) is 5.91 Å². The van der Waals surface area contributed by atoms with E-state index in [1.807, 2.05) is 0 Å². The Bertz CT molecular complexity index is 415. The Kier molecular flexibility index (Phi) is 3.42. The summed E-state index contributed by atoms with van der Waals surface area (Å²) >= 11 is 1.32. The molecule has 5 atom stereocenters. The Morgan fingerprint density at radius 2 is 2.21 bits per heavy atom. The van der Waals surface area contributed by atoms with Crippen molar-refractivity contribution in [2.75, 3.05) is 7.05 Å². The molecule has 2 aliphatic heterocycles. The number of aliphatic hydroxyl groups excluding tert-OH is 2. The first-order valence-corrected chi connectivity index (χ1v) is 7.20. The van der Waals surface area contributed by atoms with Crippen molar-refractivity contribution in [1.29, 1.82) is 0 Å². The summed E-state index contributed by atoms with van der Waals surface area (Å²) in [5.41, 5.74) is -0.410. The number of aliphatic imine (C=N–C) groups is 1. The minimum absolute atomic E-state index is 0.195. The smallest absolute Gasteiger partial charge is 0.252 e. The van der Waals surface area contributed by atoms with Gasteiger partial charge in [0.05, 0.1) is 6.04 Å². The molecule has 19 heavy (non-hydrogen) atoms. The number of thioether (sulfide) groups is 1. The molecule has 0 unspecified atom stereocenters. The van der Waals surface area contributed by atoms with Crippen molar-refractivity contribution in [1.82, 2.24) is 10.6 Å². The number of ether oxygens (including phenoxy) is 1. The second-order valence-corrected chi connectivity index (χ2v) is 6.09. The van der Waals surface area contributed by atoms with Gasteiger partial charge in [-0.3, -0.25) is 9.79 Å². The first kappa shape index (κ1) is 13.2. The van der Waals surface area contributed by atoms with Crippen LogP contribution in [0.2, 0.25) is 0 Å². The van der Waals surface area contributed by atoms with Gasteiger partial charge < -0.3 is 25.6 Å². The second-order valence-electron chi connectivity index (χ2n) is 5.01. The van der Waals surface area contributed by atoms with Gasteiger partial charge >= 0.3 is 0 Å². The lowest BCUT2D eigenvalue weighted by molar-refractivity contribution is -0.173. The molecule has 0 aromatic heterocycles. The Balaban J connectivity index is 1.71. The first-order valence-electron chi connectivity index (χ1n) is 6.32. The second kappa shape index (κ2) is 4.93. The fraction of sp³-hybridized carbons (Fsp3) is 0.818. The molecule has 4 N–H and O–H groups in total. The molecule has 1 amide bonds. The number of carbonyl (C=O) groups excluding carboxylic acids is 1. The molecule has 2 saturated heterocycles. The van der Waals surface area contributed by atoms with E-state index < -0.39 is 29.8 Å². The number of fused-ring (bicyclic) bond motifs is 1. The van der Waals surface area contributed by atoms with Gasteiger partial charge in [-0.25, -0.2) is 0 Å². The summed E-state index contributed by atoms with van der Waals surface area (Å²) in [5, 5.41) is 26.5. The summed E-state index contributed by atoms with van der Waals surface area (Å²) in [6.07, 6.45) is -1.38. The van der Waals surface area contributed by atoms with Crippen LogP contribution in [0, 0.1) is 0 Å². The topological polar surface area (TPSA) is 103 Å². The Morgan fingerprint density at radius 3 is 2.84 bits per heavy atom. The molecule has 106 valence electrons. The molecule has 0 bridgehead atoms. The lowest BCUT2D eigenvalue weighted by Crippen LogP contribution is -2.62. The highest BCUT2D eigenvalue weighted by Crippen LogP contribution is 2.34. The van der Waals surface area contributed by atoms with Gasteiger partial charge in [-0.1, -0.05) is 11.8 Å². The van der Waals surface area contributed by atoms with Crippen molar-refractivity contribution in [3.05, 3.63) is 0 Å². The lowest BCUT2D eigenvalue weighted by atomic mass is 9.97. The predicted octanol–water partition coefficient (Wildman–Crippen LogP) is -1.60. The Hall–Kier alpha value is -0.830. The van der Waals surface area contributed by atoms with Crippen molar-refractivity contribution in [3.8, 4) is 0 Å². The van der Waals surface area contributed by atoms with Crippen LogP contribution >= 0.6 is 11.8 Å². The number of amides is 1. The predicted molar refractivity (Wildman–Crippen MR) is 69.7 cm³/mol. The Labute approximate surface area is 114 Å². The van der Waals surface area contributed by atoms with E-state index in [-0.39, 0.29) is 11.9 Å². The number of hydrogen-bond donors (Lipinski definition) is 4. The lowest BCUT2D eigenvalue weighted by Gasteiger charge is -2.38. The third-order valence-corrected chi connectivity index (χ3v) is 4.67. The van der Waals surface area contributed by atoms with E-state index in [0.717, 1.165) is 12.8 Å². The molecule has 7 nitrogen and oxygen atoms in total. The van der Waals surface area contributed by atoms with Crippen LogP contribution in [0.3, 0.4) is 0 Å². The Morgan fingerprint density at radius 1 is 1.47 bits per heavy atom. The fourth-order valence-corrected chi connectivity index (χ4v) is 3.33. The van der Waals surface area contributed by atoms with Gasteiger partial charge in [-0.15, -0.1) is 0 Å². The van der Waals surface area contributed by atoms with Crippen molar-refractivity contribution >= 4 is 22.8 Å². The van der Waals surface area contributed by atoms with Gasteiger partial charge in [0, 0.05) is 13.1 Å². The molecule has 3 aliphatic rings. The van der Waals surface area contributed by atoms with Crippen molar-refractivity contribution in [2.24, 2.45) is 4.99 Å². The maximum atomic E-state index is 12.0. The normalized spacial score (nSPS) is 43.7. The van der Waals surface area contributed by atoms with E-state index in [1.165, 1.54) is 11.8 Å². The number of carbonyl (C=O) groups is 1. The monoisotopic (exact) mass is 287 g/mol. The van der Waals surface area contributed by atoms with E-state index in [4.69, 9.17) is 4.74 Å². The van der Waals surface area contributed by atoms with Gasteiger partial charge in [-0.05, 0) is 12.8 Å². The highest BCUT2D eigenvalue weighted by Gasteiger charge is 2.51. The molecule has 1 saturated carbocycles. The van der Waals surface area contributed by atoms with Crippen LogP contribution in [-0.2, 0) is 9.53 Å². The molecule has 0 radical (unpaired) electrons. The van der Waals surface area contributed by atoms with Crippen molar-refractivity contribution in [3.63, 3.8) is 0 Å². The van der Waals surface area contributed by atoms with Crippen LogP contribution in [0.1, 0.15) is 12.8 Å². The molecule has 1 aliphatic carbocycles. The van der Waals surface area contributed by atoms with Crippen molar-refractivity contribution < 1.29 is 19.7 Å². The molecule has 0 aromatic carbocycles. The average Bonchev–Trinajstić information content (AvgIpc) is 3.10. The third-order valence-electron chi connectivity index (χ3n) is 3.51. The summed E-state index contributed by atoms with van der Waals surface area (Å²) in [7, 11) is 1.63. The number of hydrogen-bond acceptors (Lipinski definition) is 6. The maximum Gasteiger partial charge on any atom is 0.252 e. The largest absolute Gasteiger partial charge is 0.388 e. The van der Waals surface area contributed by atoms with Crippen LogP contribution in [0.25, 0.3) is 0 Å². The summed E-state index contributed by atoms with van der Waals surface area (Å²) < 4.78 is 5.61. The minimum Gasteiger partial charge on any atom is -0.388 e. The quantitative estimate of drug-likeness (QED) is 0.488. The zero-order valence-electron chi connectivity index (χ0n) is 10.4. The molecule has 0 spiro atoms. The zero-order valence-corrected chi connectivity index (χ0v) is 11.3. The van der Waals surface area contributed by atoms with E-state index in [1.54, 1.807) is 7.05 Å². The van der Waals surface area contributed by atoms with E-state index in [0.29, 0.717) is 5.17 Å². The third kappa shape index (κ3) is 2.45. The number of nitrogens with one attached hydrogen (secondary N) is 2. The van der Waals surface area contributed by atoms with E-state index >= 15 is 0 Å². The maximum absolute atomic E-state index is 12.0. The summed E-state index contributed by atoms with van der Waals surface area (Å²) in [4.78, 5) is 16.0. The van der Waals surface area contributed by atoms with Crippen LogP contribution in [-0.4, -0.2) is 64.2 Å². The van der Waals surface area contributed by atoms with Crippen molar-refractivity contribution in [2.45, 2.75) is 48.7 Å². The SMILES string of the molecule is CN=C1N[C@@H]2[C@@H](O)[C@H](O)[C@@H](C(=O)NC3CC3)O[C@@H]2S1. The minimum atomic E-state index is -1.23. The molecular weight excluding hydrogens is 270 g/mol. The highest BCUT2D eigenvalue weighted by atomic mass is 32.2. The standard InChI is InChI=1S/C11H17N3O4S/c1-12-11-14-5-6(15)7(16)8(18-10(5)19-11)9(17)13-4-2-3-4/h4-8,10,15-16H,2-3H2,1H3,(H,12,14)(H,13,17)/t5-,6-,7+,8+,10-/m1/s1. The fourth-order valence-electron chi connectivity index (χ4n) is 2.25. The van der Waals surface area contributed by atoms with Crippen LogP contribution in [0.15, 0.2) is 4.99 Å². The van der Waals surface area contributed by atoms with Crippen LogP contribution < -0.4 is 10.6 Å². The summed E-state index contributed by atoms with van der Waals surface area (Å²) in [6.45, 7) is 0. The summed E-state index contributed by atoms with van der Waals surface area (Å²) in [6, 6.07) is -0.246. The van der Waals surface area contributed by atoms with Gasteiger partial charge in [0.15, 0.2) is 11.3 Å². The highest BCUT2D eigenvalue weighted by molar-refractivity contribution is 8.14. The molecule has 3 rings (SSSR count). The van der Waals surface area contributed by atoms with E-state index in [9.17, 15) is 15.0 Å². The van der Waals surface area contributed by atoms with Gasteiger partial charge in [-0.2, -0.15) is 0 Å². The van der Waals surface area contributed by atoms with Crippen LogP contribution in [0.4, 0.5) is 0 Å². The number of rotatable bonds is 2. The summed E-state index contributed by atoms with van der Waals surface area (Å²) in [5.74, 6) is -0.352. The molecular formula is C11H17N3O4S. The molecule has 0 aromatic rings. The average molecular weight is 287 g/mol.